The van der Waals surface area contributed by atoms with Gasteiger partial charge in [0.15, 0.2) is 6.73 Å². The lowest BCUT2D eigenvalue weighted by atomic mass is 10.1. The first-order valence-electron chi connectivity index (χ1n) is 12.6. The van der Waals surface area contributed by atoms with E-state index < -0.39 is 34.0 Å². The Kier molecular flexibility index (Phi) is 8.05. The number of benzene rings is 2. The Morgan fingerprint density at radius 3 is 2.27 bits per heavy atom. The molecule has 0 amide bonds. The number of hydrogen-bond donors (Lipinski definition) is 0. The van der Waals surface area contributed by atoms with Gasteiger partial charge in [-0.25, -0.2) is 26.9 Å². The number of anilines is 1. The van der Waals surface area contributed by atoms with Crippen LogP contribution in [-0.2, 0) is 27.8 Å². The van der Waals surface area contributed by atoms with E-state index in [-0.39, 0.29) is 30.3 Å². The van der Waals surface area contributed by atoms with Crippen LogP contribution in [0.1, 0.15) is 18.1 Å². The summed E-state index contributed by atoms with van der Waals surface area (Å²) < 4.78 is 86.6. The lowest BCUT2D eigenvalue weighted by Crippen LogP contribution is -2.48. The molecule has 2 aromatic carbocycles. The van der Waals surface area contributed by atoms with Gasteiger partial charge >= 0.3 is 6.43 Å². The summed E-state index contributed by atoms with van der Waals surface area (Å²) >= 11 is 0. The first-order valence-corrected chi connectivity index (χ1v) is 14.2. The van der Waals surface area contributed by atoms with Crippen molar-refractivity contribution in [2.75, 3.05) is 43.7 Å². The Bertz CT molecular complexity index is 1470. The highest BCUT2D eigenvalue weighted by atomic mass is 32.2. The van der Waals surface area contributed by atoms with Crippen LogP contribution in [0.4, 0.5) is 23.2 Å². The molecule has 1 fully saturated rings. The molecule has 3 aromatic rings. The van der Waals surface area contributed by atoms with Crippen molar-refractivity contribution in [3.05, 3.63) is 65.4 Å². The number of hydrogen-bond acceptors (Lipinski definition) is 8. The average molecular weight is 582 g/mol. The van der Waals surface area contributed by atoms with Gasteiger partial charge in [-0.2, -0.15) is 13.1 Å². The summed E-state index contributed by atoms with van der Waals surface area (Å²) in [6.45, 7) is 3.97. The summed E-state index contributed by atoms with van der Waals surface area (Å²) in [5.74, 6) is -2.47. The molecular weight excluding hydrogens is 554 g/mol. The molecule has 0 radical (unpaired) electrons. The molecule has 5 rings (SSSR count). The van der Waals surface area contributed by atoms with Crippen LogP contribution in [0.3, 0.4) is 0 Å². The highest BCUT2D eigenvalue weighted by Crippen LogP contribution is 2.26. The molecule has 1 saturated heterocycles. The van der Waals surface area contributed by atoms with E-state index in [1.54, 1.807) is 13.1 Å². The third-order valence-electron chi connectivity index (χ3n) is 6.77. The quantitative estimate of drug-likeness (QED) is 0.359. The summed E-state index contributed by atoms with van der Waals surface area (Å²) in [5.41, 5.74) is 2.03. The molecule has 0 atom stereocenters. The van der Waals surface area contributed by atoms with Crippen molar-refractivity contribution in [2.24, 2.45) is 5.10 Å². The second-order valence-corrected chi connectivity index (χ2v) is 11.6. The van der Waals surface area contributed by atoms with Crippen LogP contribution in [0.2, 0.25) is 0 Å². The van der Waals surface area contributed by atoms with Crippen LogP contribution in [0.5, 0.6) is 0 Å². The molecule has 0 saturated carbocycles. The van der Waals surface area contributed by atoms with Crippen LogP contribution in [0.25, 0.3) is 11.3 Å². The van der Waals surface area contributed by atoms with Crippen molar-refractivity contribution in [1.82, 2.24) is 24.2 Å². The normalized spacial score (nSPS) is 16.9. The Hall–Kier alpha value is -3.56. The lowest BCUT2D eigenvalue weighted by molar-refractivity contribution is 0.180. The molecule has 40 heavy (non-hydrogen) atoms. The molecule has 0 unspecified atom stereocenters. The van der Waals surface area contributed by atoms with Gasteiger partial charge in [-0.3, -0.25) is 4.90 Å². The molecule has 0 aliphatic carbocycles. The van der Waals surface area contributed by atoms with Gasteiger partial charge in [-0.05, 0) is 24.6 Å². The Balaban J connectivity index is 1.20. The number of hydrazone groups is 1. The topological polar surface area (TPSA) is 96.2 Å². The van der Waals surface area contributed by atoms with E-state index in [0.29, 0.717) is 38.4 Å². The van der Waals surface area contributed by atoms with Gasteiger partial charge in [-0.15, -0.1) is 10.2 Å². The highest BCUT2D eigenvalue weighted by molar-refractivity contribution is 7.89. The van der Waals surface area contributed by atoms with Crippen molar-refractivity contribution in [3.63, 3.8) is 0 Å². The molecule has 2 aliphatic rings. The van der Waals surface area contributed by atoms with Crippen molar-refractivity contribution >= 4 is 21.6 Å². The van der Waals surface area contributed by atoms with Crippen LogP contribution >= 0.6 is 0 Å². The SMILES string of the molecule is CCS(=O)(=O)N1CCN(Cc2ccc(-c3cn(Cc4c(F)cc(N5COC(C(F)F)=N5)cc4F)nn3)cc2)CC1. The fraction of sp³-hybridized carbons (Fsp3) is 0.400. The fourth-order valence-electron chi connectivity index (χ4n) is 4.49. The maximum atomic E-state index is 14.8. The van der Waals surface area contributed by atoms with E-state index in [9.17, 15) is 26.0 Å². The van der Waals surface area contributed by atoms with Gasteiger partial charge in [0, 0.05) is 43.9 Å². The fourth-order valence-corrected chi connectivity index (χ4v) is 5.57. The minimum atomic E-state index is -3.17. The smallest absolute Gasteiger partial charge is 0.314 e. The second-order valence-electron chi connectivity index (χ2n) is 9.37. The number of sulfonamides is 1. The molecule has 3 heterocycles. The number of aromatic nitrogens is 3. The van der Waals surface area contributed by atoms with E-state index in [0.717, 1.165) is 28.3 Å². The number of rotatable bonds is 9. The van der Waals surface area contributed by atoms with E-state index in [2.05, 4.69) is 20.3 Å². The molecule has 10 nitrogen and oxygen atoms in total. The Labute approximate surface area is 228 Å². The van der Waals surface area contributed by atoms with Crippen molar-refractivity contribution < 1.29 is 30.7 Å². The number of alkyl halides is 2. The predicted octanol–water partition coefficient (Wildman–Crippen LogP) is 3.11. The Morgan fingerprint density at radius 1 is 1.00 bits per heavy atom. The number of piperazine rings is 1. The predicted molar refractivity (Wildman–Crippen MR) is 139 cm³/mol. The van der Waals surface area contributed by atoms with E-state index in [1.807, 2.05) is 24.3 Å². The van der Waals surface area contributed by atoms with Crippen LogP contribution in [0, 0.1) is 11.6 Å². The van der Waals surface area contributed by atoms with Crippen LogP contribution < -0.4 is 5.01 Å². The maximum absolute atomic E-state index is 14.8. The van der Waals surface area contributed by atoms with Crippen molar-refractivity contribution in [3.8, 4) is 11.3 Å². The standard InChI is InChI=1S/C25H27F4N7O3S/c1-2-40(37,38)35-9-7-33(8-10-35)13-17-3-5-18(6-4-17)23-15-34(32-30-23)14-20-21(26)11-19(12-22(20)27)36-16-39-25(31-36)24(28)29/h3-6,11-12,15,24H,2,7-10,13-14,16H2,1H3. The molecule has 0 N–H and O–H groups in total. The van der Waals surface area contributed by atoms with Crippen molar-refractivity contribution in [2.45, 2.75) is 26.4 Å². The van der Waals surface area contributed by atoms with E-state index >= 15 is 0 Å². The van der Waals surface area contributed by atoms with Crippen molar-refractivity contribution in [1.29, 1.82) is 0 Å². The lowest BCUT2D eigenvalue weighted by Gasteiger charge is -2.33. The third-order valence-corrected chi connectivity index (χ3v) is 8.65. The van der Waals surface area contributed by atoms with Gasteiger partial charge in [0.1, 0.15) is 17.3 Å². The first kappa shape index (κ1) is 28.0. The van der Waals surface area contributed by atoms with Gasteiger partial charge in [0.2, 0.25) is 10.0 Å². The van der Waals surface area contributed by atoms with Gasteiger partial charge in [0.25, 0.3) is 5.90 Å². The van der Waals surface area contributed by atoms with Gasteiger partial charge < -0.3 is 4.74 Å². The number of halogens is 4. The molecule has 15 heteroatoms. The van der Waals surface area contributed by atoms with Gasteiger partial charge in [-0.1, -0.05) is 29.5 Å². The maximum Gasteiger partial charge on any atom is 0.314 e. The third kappa shape index (κ3) is 6.10. The molecule has 0 bridgehead atoms. The number of nitrogens with zero attached hydrogens (tertiary/aromatic N) is 7. The molecule has 1 aromatic heterocycles. The van der Waals surface area contributed by atoms with Gasteiger partial charge in [0.05, 0.1) is 24.2 Å². The summed E-state index contributed by atoms with van der Waals surface area (Å²) in [4.78, 5) is 2.20. The summed E-state index contributed by atoms with van der Waals surface area (Å²) in [7, 11) is -3.17. The highest BCUT2D eigenvalue weighted by Gasteiger charge is 2.27. The largest absolute Gasteiger partial charge is 0.452 e. The zero-order chi connectivity index (χ0) is 28.4. The van der Waals surface area contributed by atoms with E-state index in [1.165, 1.54) is 8.99 Å². The monoisotopic (exact) mass is 581 g/mol. The zero-order valence-corrected chi connectivity index (χ0v) is 22.4. The zero-order valence-electron chi connectivity index (χ0n) is 21.6. The first-order chi connectivity index (χ1) is 19.1. The van der Waals surface area contributed by atoms with E-state index in [4.69, 9.17) is 4.74 Å². The Morgan fingerprint density at radius 2 is 1.68 bits per heavy atom. The summed E-state index contributed by atoms with van der Waals surface area (Å²) in [6, 6.07) is 9.66. The number of ether oxygens (including phenoxy) is 1. The molecular formula is C25H27F4N7O3S. The second kappa shape index (κ2) is 11.5. The summed E-state index contributed by atoms with van der Waals surface area (Å²) in [5, 5.41) is 12.6. The average Bonchev–Trinajstić information content (AvgIpc) is 3.62. The minimum absolute atomic E-state index is 0.0540. The van der Waals surface area contributed by atoms with Crippen LogP contribution in [-0.4, -0.2) is 83.6 Å². The molecule has 0 spiro atoms. The molecule has 2 aliphatic heterocycles. The molecule has 214 valence electrons. The van der Waals surface area contributed by atoms with Crippen LogP contribution in [0.15, 0.2) is 47.7 Å². The summed E-state index contributed by atoms with van der Waals surface area (Å²) in [6.07, 6.45) is -1.35. The minimum Gasteiger partial charge on any atom is -0.452 e.